The molecule has 3 atom stereocenters. The molecular weight excluding hydrogens is 777 g/mol. The molecule has 3 aliphatic rings. The Morgan fingerprint density at radius 3 is 1.05 bits per heavy atom. The summed E-state index contributed by atoms with van der Waals surface area (Å²) >= 11 is 0. The van der Waals surface area contributed by atoms with E-state index in [0.717, 1.165) is 45.4 Å². The van der Waals surface area contributed by atoms with Crippen LogP contribution in [0.2, 0.25) is 0 Å². The smallest absolute Gasteiger partial charge is 0.115 e. The van der Waals surface area contributed by atoms with Gasteiger partial charge in [-0.3, -0.25) is 4.90 Å². The molecule has 3 saturated heterocycles. The lowest BCUT2D eigenvalue weighted by molar-refractivity contribution is 0.150. The van der Waals surface area contributed by atoms with Crippen LogP contribution in [0.4, 0.5) is 0 Å². The van der Waals surface area contributed by atoms with Gasteiger partial charge in [0.1, 0.15) is 17.2 Å². The largest absolute Gasteiger partial charge is 0.508 e. The van der Waals surface area contributed by atoms with Crippen molar-refractivity contribution in [3.63, 3.8) is 0 Å². The van der Waals surface area contributed by atoms with E-state index in [1.165, 1.54) is 94.1 Å². The molecule has 10 heteroatoms. The van der Waals surface area contributed by atoms with Crippen LogP contribution in [0.1, 0.15) is 121 Å². The summed E-state index contributed by atoms with van der Waals surface area (Å²) in [4.78, 5) is 9.21. The fraction of sp³-hybridized carbons (Fsp3) is 0.654. The van der Waals surface area contributed by atoms with Gasteiger partial charge in [-0.2, -0.15) is 0 Å². The van der Waals surface area contributed by atoms with Gasteiger partial charge in [-0.1, -0.05) is 76.4 Å². The zero-order chi connectivity index (χ0) is 45.4. The maximum absolute atomic E-state index is 9.68. The minimum atomic E-state index is 0.103. The lowest BCUT2D eigenvalue weighted by atomic mass is 9.74. The maximum Gasteiger partial charge on any atom is 0.115 e. The van der Waals surface area contributed by atoms with Crippen molar-refractivity contribution in [2.24, 2.45) is 0 Å². The zero-order valence-electron chi connectivity index (χ0n) is 39.6. The minimum Gasteiger partial charge on any atom is -0.508 e. The number of aromatic hydroxyl groups is 3. The van der Waals surface area contributed by atoms with Crippen LogP contribution in [0.15, 0.2) is 72.8 Å². The third-order valence-corrected chi connectivity index (χ3v) is 13.9. The summed E-state index contributed by atoms with van der Waals surface area (Å²) in [6.45, 7) is 15.9. The second kappa shape index (κ2) is 27.9. The molecular formula is C52H86N4O6. The quantitative estimate of drug-likeness (QED) is 0.100. The number of hydrogen-bond donors (Lipinski definition) is 6. The van der Waals surface area contributed by atoms with Gasteiger partial charge >= 0.3 is 0 Å². The molecule has 350 valence electrons. The maximum atomic E-state index is 9.68. The van der Waals surface area contributed by atoms with Gasteiger partial charge in [0, 0.05) is 62.1 Å². The van der Waals surface area contributed by atoms with Gasteiger partial charge in [-0.05, 0) is 158 Å². The summed E-state index contributed by atoms with van der Waals surface area (Å²) in [5.41, 5.74) is 4.58. The Labute approximate surface area is 376 Å². The number of aliphatic hydroxyl groups is 3. The second-order valence-corrected chi connectivity index (χ2v) is 18.5. The van der Waals surface area contributed by atoms with Gasteiger partial charge in [0.2, 0.25) is 0 Å². The third-order valence-electron chi connectivity index (χ3n) is 13.9. The zero-order valence-corrected chi connectivity index (χ0v) is 39.6. The van der Waals surface area contributed by atoms with Gasteiger partial charge in [-0.25, -0.2) is 0 Å². The molecule has 0 spiro atoms. The molecule has 3 aliphatic heterocycles. The highest BCUT2D eigenvalue weighted by Crippen LogP contribution is 2.40. The number of likely N-dealkylation sites (tertiary alicyclic amines) is 3. The number of hydrogen-bond acceptors (Lipinski definition) is 10. The number of phenolic OH excluding ortho intramolecular Hbond substituents is 3. The Balaban J connectivity index is 0.000000223. The van der Waals surface area contributed by atoms with E-state index in [0.29, 0.717) is 36.8 Å². The molecule has 0 radical (unpaired) electrons. The van der Waals surface area contributed by atoms with Crippen LogP contribution in [0.3, 0.4) is 0 Å². The van der Waals surface area contributed by atoms with E-state index < -0.39 is 0 Å². The van der Waals surface area contributed by atoms with Gasteiger partial charge in [-0.15, -0.1) is 0 Å². The van der Waals surface area contributed by atoms with Crippen molar-refractivity contribution in [2.45, 2.75) is 120 Å². The average Bonchev–Trinajstić information content (AvgIpc) is 3.70. The summed E-state index contributed by atoms with van der Waals surface area (Å²) < 4.78 is 0. The normalized spacial score (nSPS) is 23.9. The molecule has 10 nitrogen and oxygen atoms in total. The molecule has 6 rings (SSSR count). The van der Waals surface area contributed by atoms with E-state index >= 15 is 0 Å². The van der Waals surface area contributed by atoms with E-state index in [1.54, 1.807) is 18.2 Å². The Bertz CT molecular complexity index is 1480. The van der Waals surface area contributed by atoms with Crippen molar-refractivity contribution in [1.82, 2.24) is 19.6 Å². The molecule has 3 aromatic carbocycles. The highest BCUT2D eigenvalue weighted by Gasteiger charge is 2.35. The average molecular weight is 863 g/mol. The summed E-state index contributed by atoms with van der Waals surface area (Å²) in [6, 6.07) is 23.5. The minimum absolute atomic E-state index is 0.103. The first kappa shape index (κ1) is 53.1. The van der Waals surface area contributed by atoms with Crippen LogP contribution in [-0.4, -0.2) is 150 Å². The predicted molar refractivity (Wildman–Crippen MR) is 257 cm³/mol. The first-order valence-electron chi connectivity index (χ1n) is 23.8. The number of rotatable bonds is 13. The Morgan fingerprint density at radius 1 is 0.468 bits per heavy atom. The topological polar surface area (TPSA) is 134 Å². The number of aliphatic hydroxyl groups excluding tert-OH is 3. The fourth-order valence-corrected chi connectivity index (χ4v) is 10.2. The predicted octanol–water partition coefficient (Wildman–Crippen LogP) is 8.12. The van der Waals surface area contributed by atoms with Gasteiger partial charge in [0.05, 0.1) is 13.2 Å². The molecule has 3 fully saturated rings. The fourth-order valence-electron chi connectivity index (χ4n) is 10.2. The molecule has 0 amide bonds. The first-order chi connectivity index (χ1) is 29.8. The molecule has 0 bridgehead atoms. The highest BCUT2D eigenvalue weighted by atomic mass is 16.3. The van der Waals surface area contributed by atoms with Gasteiger partial charge in [0.15, 0.2) is 0 Å². The van der Waals surface area contributed by atoms with Crippen molar-refractivity contribution < 1.29 is 30.6 Å². The summed E-state index contributed by atoms with van der Waals surface area (Å²) in [5, 5.41) is 54.7. The van der Waals surface area contributed by atoms with Crippen molar-refractivity contribution in [3.05, 3.63) is 89.5 Å². The van der Waals surface area contributed by atoms with E-state index in [9.17, 15) is 15.3 Å². The van der Waals surface area contributed by atoms with E-state index in [2.05, 4.69) is 74.8 Å². The molecule has 3 heterocycles. The van der Waals surface area contributed by atoms with Crippen LogP contribution in [0, 0.1) is 0 Å². The molecule has 0 saturated carbocycles. The number of phenols is 3. The number of benzene rings is 3. The first-order valence-corrected chi connectivity index (χ1v) is 23.8. The summed E-state index contributed by atoms with van der Waals surface area (Å²) in [7, 11) is 6.62. The van der Waals surface area contributed by atoms with Crippen LogP contribution in [-0.2, 0) is 16.2 Å². The van der Waals surface area contributed by atoms with Crippen molar-refractivity contribution in [2.75, 3.05) is 99.9 Å². The lowest BCUT2D eigenvalue weighted by Gasteiger charge is -2.35. The van der Waals surface area contributed by atoms with Crippen molar-refractivity contribution in [3.8, 4) is 17.2 Å². The standard InChI is InChI=1S/3C15H23NO.C7H17NO3/c3*1-3-15(9-4-5-10-16(2)12-15)13-7-6-8-14(17)11-13;9-5-1-2-8(3-6-10)4-7-11/h3*6-8,11,17H,3-5,9-10,12H2,1-2H3;9-11H,1-7H2. The van der Waals surface area contributed by atoms with Crippen LogP contribution >= 0.6 is 0 Å². The Kier molecular flexibility index (Phi) is 23.9. The summed E-state index contributed by atoms with van der Waals surface area (Å²) in [5.74, 6) is 1.17. The van der Waals surface area contributed by atoms with Gasteiger partial charge in [0.25, 0.3) is 0 Å². The lowest BCUT2D eigenvalue weighted by Crippen LogP contribution is -2.37. The molecule has 0 aliphatic carbocycles. The molecule has 3 unspecified atom stereocenters. The molecule has 0 aromatic heterocycles. The molecule has 3 aromatic rings. The Morgan fingerprint density at radius 2 is 0.790 bits per heavy atom. The van der Waals surface area contributed by atoms with Gasteiger partial charge < -0.3 is 45.3 Å². The second-order valence-electron chi connectivity index (χ2n) is 18.5. The van der Waals surface area contributed by atoms with E-state index in [1.807, 2.05) is 41.3 Å². The van der Waals surface area contributed by atoms with Crippen LogP contribution in [0.25, 0.3) is 0 Å². The SMILES string of the molecule is CCC1(c2cccc(O)c2)CCCCN(C)C1.CCC1(c2cccc(O)c2)CCCCN(C)C1.CCC1(c2cccc(O)c2)CCCCN(C)C1.OCCCN(CCO)CCO. The van der Waals surface area contributed by atoms with Crippen molar-refractivity contribution >= 4 is 0 Å². The number of nitrogens with zero attached hydrogens (tertiary/aromatic N) is 4. The Hall–Kier alpha value is -3.22. The number of likely N-dealkylation sites (N-methyl/N-ethyl adjacent to an activating group) is 3. The van der Waals surface area contributed by atoms with Crippen LogP contribution < -0.4 is 0 Å². The van der Waals surface area contributed by atoms with Crippen LogP contribution in [0.5, 0.6) is 17.2 Å². The van der Waals surface area contributed by atoms with E-state index in [-0.39, 0.29) is 36.1 Å². The third kappa shape index (κ3) is 16.7. The monoisotopic (exact) mass is 863 g/mol. The van der Waals surface area contributed by atoms with E-state index in [4.69, 9.17) is 15.3 Å². The van der Waals surface area contributed by atoms with Crippen molar-refractivity contribution in [1.29, 1.82) is 0 Å². The highest BCUT2D eigenvalue weighted by molar-refractivity contribution is 5.36. The molecule has 6 N–H and O–H groups in total. The summed E-state index contributed by atoms with van der Waals surface area (Å²) in [6.07, 6.45) is 15.5. The molecule has 62 heavy (non-hydrogen) atoms.